The van der Waals surface area contributed by atoms with Gasteiger partial charge in [-0.3, -0.25) is 9.69 Å². The van der Waals surface area contributed by atoms with Crippen LogP contribution in [0.15, 0.2) is 0 Å². The number of carboxylic acid groups (broad SMARTS) is 1. The lowest BCUT2D eigenvalue weighted by Gasteiger charge is -2.38. The molecule has 0 aromatic carbocycles. The zero-order valence-corrected chi connectivity index (χ0v) is 10.2. The van der Waals surface area contributed by atoms with Crippen LogP contribution < -0.4 is 0 Å². The van der Waals surface area contributed by atoms with Crippen molar-refractivity contribution in [1.82, 2.24) is 9.80 Å². The third-order valence-corrected chi connectivity index (χ3v) is 4.06. The summed E-state index contributed by atoms with van der Waals surface area (Å²) in [5, 5.41) is 9.30. The zero-order chi connectivity index (χ0) is 11.7. The van der Waals surface area contributed by atoms with Crippen LogP contribution in [0.2, 0.25) is 0 Å². The highest BCUT2D eigenvalue weighted by Gasteiger charge is 2.40. The van der Waals surface area contributed by atoms with Crippen molar-refractivity contribution in [1.29, 1.82) is 0 Å². The van der Waals surface area contributed by atoms with Crippen LogP contribution in [0.1, 0.15) is 26.2 Å². The molecule has 0 aromatic heterocycles. The smallest absolute Gasteiger partial charge is 0.321 e. The van der Waals surface area contributed by atoms with Gasteiger partial charge in [-0.1, -0.05) is 6.92 Å². The lowest BCUT2D eigenvalue weighted by atomic mass is 10.00. The van der Waals surface area contributed by atoms with E-state index in [2.05, 4.69) is 23.8 Å². The predicted molar refractivity (Wildman–Crippen MR) is 62.4 cm³/mol. The summed E-state index contributed by atoms with van der Waals surface area (Å²) in [6.45, 7) is 5.19. The van der Waals surface area contributed by atoms with Crippen LogP contribution in [0, 0.1) is 5.92 Å². The first-order valence-electron chi connectivity index (χ1n) is 6.26. The van der Waals surface area contributed by atoms with Crippen molar-refractivity contribution in [3.63, 3.8) is 0 Å². The quantitative estimate of drug-likeness (QED) is 0.759. The van der Waals surface area contributed by atoms with Crippen molar-refractivity contribution in [2.24, 2.45) is 5.92 Å². The van der Waals surface area contributed by atoms with Crippen molar-refractivity contribution < 1.29 is 9.90 Å². The average Bonchev–Trinajstić information content (AvgIpc) is 2.60. The van der Waals surface area contributed by atoms with Gasteiger partial charge < -0.3 is 10.0 Å². The molecule has 0 aromatic rings. The van der Waals surface area contributed by atoms with Crippen LogP contribution in [0.4, 0.5) is 0 Å². The summed E-state index contributed by atoms with van der Waals surface area (Å²) >= 11 is 0. The highest BCUT2D eigenvalue weighted by molar-refractivity contribution is 5.74. The van der Waals surface area contributed by atoms with Crippen LogP contribution in [0.5, 0.6) is 0 Å². The van der Waals surface area contributed by atoms with E-state index >= 15 is 0 Å². The fourth-order valence-electron chi connectivity index (χ4n) is 3.18. The van der Waals surface area contributed by atoms with E-state index in [1.54, 1.807) is 0 Å². The minimum Gasteiger partial charge on any atom is -0.480 e. The molecule has 3 atom stereocenters. The Bertz CT molecular complexity index is 270. The normalized spacial score (nSPS) is 37.8. The Morgan fingerprint density at radius 2 is 2.06 bits per heavy atom. The average molecular weight is 226 g/mol. The van der Waals surface area contributed by atoms with Gasteiger partial charge in [0, 0.05) is 12.6 Å². The van der Waals surface area contributed by atoms with Gasteiger partial charge in [-0.25, -0.2) is 0 Å². The minimum absolute atomic E-state index is 0.253. The molecule has 2 saturated heterocycles. The molecular formula is C12H22N2O2. The van der Waals surface area contributed by atoms with Crippen LogP contribution >= 0.6 is 0 Å². The largest absolute Gasteiger partial charge is 0.480 e. The molecule has 0 aliphatic carbocycles. The zero-order valence-electron chi connectivity index (χ0n) is 10.2. The number of carbonyl (C=O) groups is 1. The molecule has 0 radical (unpaired) electrons. The van der Waals surface area contributed by atoms with E-state index < -0.39 is 5.97 Å². The van der Waals surface area contributed by atoms with Crippen molar-refractivity contribution in [2.45, 2.75) is 38.3 Å². The van der Waals surface area contributed by atoms with E-state index in [0.717, 1.165) is 32.5 Å². The standard InChI is InChI=1S/C12H22N2O2/c1-9-5-7-14(11(9)12(15)16)10-4-3-6-13(2)8-10/h9-11H,3-8H2,1-2H3,(H,15,16). The topological polar surface area (TPSA) is 43.8 Å². The molecular weight excluding hydrogens is 204 g/mol. The minimum atomic E-state index is -0.641. The van der Waals surface area contributed by atoms with Crippen molar-refractivity contribution in [3.8, 4) is 0 Å². The summed E-state index contributed by atoms with van der Waals surface area (Å²) in [6, 6.07) is 0.196. The number of piperidine rings is 1. The third kappa shape index (κ3) is 2.23. The molecule has 92 valence electrons. The van der Waals surface area contributed by atoms with Crippen LogP contribution in [0.3, 0.4) is 0 Å². The van der Waals surface area contributed by atoms with Gasteiger partial charge in [0.15, 0.2) is 0 Å². The highest BCUT2D eigenvalue weighted by atomic mass is 16.4. The molecule has 2 heterocycles. The summed E-state index contributed by atoms with van der Waals surface area (Å²) in [6.07, 6.45) is 3.37. The number of aliphatic carboxylic acids is 1. The predicted octanol–water partition coefficient (Wildman–Crippen LogP) is 0.876. The van der Waals surface area contributed by atoms with E-state index in [1.165, 1.54) is 6.42 Å². The van der Waals surface area contributed by atoms with E-state index in [1.807, 2.05) is 0 Å². The third-order valence-electron chi connectivity index (χ3n) is 4.06. The molecule has 16 heavy (non-hydrogen) atoms. The number of nitrogens with zero attached hydrogens (tertiary/aromatic N) is 2. The lowest BCUT2D eigenvalue weighted by Crippen LogP contribution is -2.51. The fraction of sp³-hybridized carbons (Fsp3) is 0.917. The molecule has 4 nitrogen and oxygen atoms in total. The summed E-state index contributed by atoms with van der Waals surface area (Å²) in [4.78, 5) is 15.8. The number of rotatable bonds is 2. The molecule has 0 spiro atoms. The van der Waals surface area contributed by atoms with Gasteiger partial charge in [0.1, 0.15) is 6.04 Å². The number of carboxylic acids is 1. The van der Waals surface area contributed by atoms with E-state index in [9.17, 15) is 9.90 Å². The summed E-state index contributed by atoms with van der Waals surface area (Å²) in [5.41, 5.74) is 0. The molecule has 2 aliphatic heterocycles. The lowest BCUT2D eigenvalue weighted by molar-refractivity contribution is -0.144. The number of hydrogen-bond acceptors (Lipinski definition) is 3. The van der Waals surface area contributed by atoms with Crippen LogP contribution in [-0.4, -0.2) is 59.6 Å². The first-order chi connectivity index (χ1) is 7.59. The molecule has 0 saturated carbocycles. The fourth-order valence-corrected chi connectivity index (χ4v) is 3.18. The van der Waals surface area contributed by atoms with E-state index in [0.29, 0.717) is 12.0 Å². The van der Waals surface area contributed by atoms with Crippen LogP contribution in [-0.2, 0) is 4.79 Å². The number of hydrogen-bond donors (Lipinski definition) is 1. The Kier molecular flexibility index (Phi) is 3.50. The monoisotopic (exact) mass is 226 g/mol. The maximum atomic E-state index is 11.3. The Morgan fingerprint density at radius 1 is 1.31 bits per heavy atom. The summed E-state index contributed by atoms with van der Waals surface area (Å²) < 4.78 is 0. The van der Waals surface area contributed by atoms with Crippen molar-refractivity contribution in [2.75, 3.05) is 26.7 Å². The number of likely N-dealkylation sites (tertiary alicyclic amines) is 2. The second kappa shape index (κ2) is 4.72. The van der Waals surface area contributed by atoms with Gasteiger partial charge in [0.25, 0.3) is 0 Å². The molecule has 0 bridgehead atoms. The Hall–Kier alpha value is -0.610. The molecule has 0 amide bonds. The van der Waals surface area contributed by atoms with Gasteiger partial charge in [-0.15, -0.1) is 0 Å². The number of likely N-dealkylation sites (N-methyl/N-ethyl adjacent to an activating group) is 1. The Morgan fingerprint density at radius 3 is 2.69 bits per heavy atom. The molecule has 2 aliphatic rings. The highest BCUT2D eigenvalue weighted by Crippen LogP contribution is 2.29. The molecule has 2 rings (SSSR count). The van der Waals surface area contributed by atoms with Crippen molar-refractivity contribution in [3.05, 3.63) is 0 Å². The molecule has 2 fully saturated rings. The van der Waals surface area contributed by atoms with Crippen LogP contribution in [0.25, 0.3) is 0 Å². The Balaban J connectivity index is 2.05. The van der Waals surface area contributed by atoms with E-state index in [4.69, 9.17) is 0 Å². The summed E-state index contributed by atoms with van der Waals surface area (Å²) in [5.74, 6) is -0.344. The first kappa shape index (κ1) is 11.9. The van der Waals surface area contributed by atoms with Gasteiger partial charge in [0.2, 0.25) is 0 Å². The van der Waals surface area contributed by atoms with Gasteiger partial charge in [-0.2, -0.15) is 0 Å². The first-order valence-corrected chi connectivity index (χ1v) is 6.26. The molecule has 4 heteroatoms. The second-order valence-electron chi connectivity index (χ2n) is 5.35. The molecule has 3 unspecified atom stereocenters. The Labute approximate surface area is 97.2 Å². The summed E-state index contributed by atoms with van der Waals surface area (Å²) in [7, 11) is 2.13. The van der Waals surface area contributed by atoms with Gasteiger partial charge in [-0.05, 0) is 45.3 Å². The maximum absolute atomic E-state index is 11.3. The maximum Gasteiger partial charge on any atom is 0.321 e. The van der Waals surface area contributed by atoms with Gasteiger partial charge >= 0.3 is 5.97 Å². The molecule has 1 N–H and O–H groups in total. The second-order valence-corrected chi connectivity index (χ2v) is 5.35. The van der Waals surface area contributed by atoms with Gasteiger partial charge in [0.05, 0.1) is 0 Å². The van der Waals surface area contributed by atoms with E-state index in [-0.39, 0.29) is 6.04 Å². The SMILES string of the molecule is CC1CCN(C2CCCN(C)C2)C1C(=O)O. The van der Waals surface area contributed by atoms with Crippen molar-refractivity contribution >= 4 is 5.97 Å².